The van der Waals surface area contributed by atoms with Crippen LogP contribution in [0.5, 0.6) is 0 Å². The number of carbonyl (C=O) groups excluding carboxylic acids is 1. The van der Waals surface area contributed by atoms with Gasteiger partial charge in [-0.2, -0.15) is 5.26 Å². The van der Waals surface area contributed by atoms with Crippen molar-refractivity contribution in [1.29, 1.82) is 5.26 Å². The molecular formula is C9H11NOS2. The maximum Gasteiger partial charge on any atom is 0.178 e. The Morgan fingerprint density at radius 1 is 1.38 bits per heavy atom. The summed E-state index contributed by atoms with van der Waals surface area (Å²) in [5.74, 6) is 0.185. The molecule has 0 aromatic carbocycles. The molecule has 0 aromatic heterocycles. The van der Waals surface area contributed by atoms with Gasteiger partial charge in [0.1, 0.15) is 11.6 Å². The molecule has 0 unspecified atom stereocenters. The molecule has 1 rings (SSSR count). The lowest BCUT2D eigenvalue weighted by Gasteiger charge is -2.02. The second-order valence-electron chi connectivity index (χ2n) is 2.82. The number of hydrogen-bond acceptors (Lipinski definition) is 4. The molecule has 0 radical (unpaired) electrons. The summed E-state index contributed by atoms with van der Waals surface area (Å²) in [6.07, 6.45) is 5.70. The summed E-state index contributed by atoms with van der Waals surface area (Å²) in [5.41, 5.74) is 0.363. The third kappa shape index (κ3) is 2.52. The molecule has 4 heteroatoms. The van der Waals surface area contributed by atoms with E-state index in [0.717, 1.165) is 17.1 Å². The van der Waals surface area contributed by atoms with Gasteiger partial charge in [0.25, 0.3) is 0 Å². The van der Waals surface area contributed by atoms with Gasteiger partial charge in [0, 0.05) is 5.92 Å². The van der Waals surface area contributed by atoms with Crippen LogP contribution in [0.3, 0.4) is 0 Å². The number of hydrogen-bond donors (Lipinski definition) is 0. The summed E-state index contributed by atoms with van der Waals surface area (Å²) >= 11 is 2.95. The van der Waals surface area contributed by atoms with Crippen molar-refractivity contribution in [2.45, 2.75) is 12.8 Å². The number of Topliss-reactive ketones (excluding diaryl/α,β-unsaturated/α-hetero) is 1. The van der Waals surface area contributed by atoms with Gasteiger partial charge in [-0.25, -0.2) is 0 Å². The van der Waals surface area contributed by atoms with Crippen molar-refractivity contribution < 1.29 is 4.79 Å². The van der Waals surface area contributed by atoms with Crippen molar-refractivity contribution in [2.75, 3.05) is 12.5 Å². The normalized spacial score (nSPS) is 14.8. The number of nitrogens with zero attached hydrogens (tertiary/aromatic N) is 1. The fourth-order valence-electron chi connectivity index (χ4n) is 1.04. The van der Waals surface area contributed by atoms with Crippen LogP contribution in [0.1, 0.15) is 12.8 Å². The highest BCUT2D eigenvalue weighted by atomic mass is 32.2. The molecule has 13 heavy (non-hydrogen) atoms. The summed E-state index contributed by atoms with van der Waals surface area (Å²) in [6, 6.07) is 2.01. The van der Waals surface area contributed by atoms with Crippen molar-refractivity contribution in [3.63, 3.8) is 0 Å². The molecule has 0 heterocycles. The van der Waals surface area contributed by atoms with Crippen molar-refractivity contribution >= 4 is 29.3 Å². The SMILES string of the molecule is CSC(SC)=C(C#N)C(=O)C1CC1. The van der Waals surface area contributed by atoms with E-state index in [1.165, 1.54) is 23.5 Å². The van der Waals surface area contributed by atoms with Crippen LogP contribution in [-0.2, 0) is 4.79 Å². The van der Waals surface area contributed by atoms with Crippen molar-refractivity contribution in [3.05, 3.63) is 9.81 Å². The number of rotatable bonds is 4. The molecule has 70 valence electrons. The summed E-state index contributed by atoms with van der Waals surface area (Å²) in [7, 11) is 0. The zero-order valence-corrected chi connectivity index (χ0v) is 9.30. The zero-order valence-electron chi connectivity index (χ0n) is 7.66. The van der Waals surface area contributed by atoms with Gasteiger partial charge in [-0.3, -0.25) is 4.79 Å². The highest BCUT2D eigenvalue weighted by molar-refractivity contribution is 8.21. The maximum absolute atomic E-state index is 11.6. The maximum atomic E-state index is 11.6. The first-order valence-electron chi connectivity index (χ1n) is 4.01. The lowest BCUT2D eigenvalue weighted by Crippen LogP contribution is -2.04. The van der Waals surface area contributed by atoms with E-state index < -0.39 is 0 Å². The van der Waals surface area contributed by atoms with E-state index in [2.05, 4.69) is 0 Å². The Bertz CT molecular complexity index is 280. The second-order valence-corrected chi connectivity index (χ2v) is 4.71. The Morgan fingerprint density at radius 2 is 1.92 bits per heavy atom. The Balaban J connectivity index is 2.87. The number of carbonyl (C=O) groups is 1. The van der Waals surface area contributed by atoms with Gasteiger partial charge in [0.2, 0.25) is 0 Å². The van der Waals surface area contributed by atoms with E-state index in [4.69, 9.17) is 5.26 Å². The smallest absolute Gasteiger partial charge is 0.178 e. The minimum Gasteiger partial charge on any atom is -0.293 e. The molecule has 1 aliphatic carbocycles. The Morgan fingerprint density at radius 3 is 2.23 bits per heavy atom. The fraction of sp³-hybridized carbons (Fsp3) is 0.556. The zero-order chi connectivity index (χ0) is 9.84. The summed E-state index contributed by atoms with van der Waals surface area (Å²) in [4.78, 5) is 11.6. The van der Waals surface area contributed by atoms with E-state index in [1.54, 1.807) is 0 Å². The van der Waals surface area contributed by atoms with Crippen LogP contribution in [-0.4, -0.2) is 18.3 Å². The lowest BCUT2D eigenvalue weighted by molar-refractivity contribution is -0.116. The lowest BCUT2D eigenvalue weighted by atomic mass is 10.1. The average molecular weight is 213 g/mol. The second kappa shape index (κ2) is 4.73. The van der Waals surface area contributed by atoms with E-state index in [1.807, 2.05) is 18.6 Å². The van der Waals surface area contributed by atoms with E-state index in [-0.39, 0.29) is 11.7 Å². The van der Waals surface area contributed by atoms with Gasteiger partial charge in [-0.15, -0.1) is 23.5 Å². The van der Waals surface area contributed by atoms with E-state index in [9.17, 15) is 4.79 Å². The number of thioether (sulfide) groups is 2. The minimum atomic E-state index is 0.0428. The molecule has 1 saturated carbocycles. The molecule has 0 amide bonds. The predicted octanol–water partition coefficient (Wildman–Crippen LogP) is 2.43. The third-order valence-electron chi connectivity index (χ3n) is 1.88. The predicted molar refractivity (Wildman–Crippen MR) is 57.4 cm³/mol. The van der Waals surface area contributed by atoms with Crippen LogP contribution in [0.2, 0.25) is 0 Å². The van der Waals surface area contributed by atoms with Gasteiger partial charge < -0.3 is 0 Å². The van der Waals surface area contributed by atoms with Gasteiger partial charge in [0.05, 0.1) is 4.24 Å². The molecular weight excluding hydrogens is 202 g/mol. The first kappa shape index (κ1) is 10.7. The van der Waals surface area contributed by atoms with Crippen LogP contribution in [0, 0.1) is 17.2 Å². The van der Waals surface area contributed by atoms with Crippen LogP contribution < -0.4 is 0 Å². The van der Waals surface area contributed by atoms with Crippen LogP contribution in [0.4, 0.5) is 0 Å². The fourth-order valence-corrected chi connectivity index (χ4v) is 2.41. The minimum absolute atomic E-state index is 0.0428. The molecule has 1 aliphatic rings. The molecule has 0 aromatic rings. The van der Waals surface area contributed by atoms with E-state index in [0.29, 0.717) is 5.57 Å². The molecule has 0 aliphatic heterocycles. The Hall–Kier alpha value is -0.400. The van der Waals surface area contributed by atoms with Gasteiger partial charge in [-0.1, -0.05) is 0 Å². The number of nitriles is 1. The van der Waals surface area contributed by atoms with Gasteiger partial charge in [0.15, 0.2) is 5.78 Å². The first-order chi connectivity index (χ1) is 6.24. The van der Waals surface area contributed by atoms with Crippen LogP contribution in [0.25, 0.3) is 0 Å². The molecule has 0 spiro atoms. The van der Waals surface area contributed by atoms with E-state index >= 15 is 0 Å². The Kier molecular flexibility index (Phi) is 3.89. The quantitative estimate of drug-likeness (QED) is 0.531. The third-order valence-corrected chi connectivity index (χ3v) is 4.03. The average Bonchev–Trinajstić information content (AvgIpc) is 2.96. The van der Waals surface area contributed by atoms with Crippen LogP contribution >= 0.6 is 23.5 Å². The topological polar surface area (TPSA) is 40.9 Å². The molecule has 1 fully saturated rings. The molecule has 0 bridgehead atoms. The van der Waals surface area contributed by atoms with Crippen molar-refractivity contribution in [3.8, 4) is 6.07 Å². The molecule has 0 saturated heterocycles. The monoisotopic (exact) mass is 213 g/mol. The molecule has 0 N–H and O–H groups in total. The summed E-state index contributed by atoms with van der Waals surface area (Å²) in [5, 5.41) is 8.85. The standard InChI is InChI=1S/C9H11NOS2/c1-12-9(13-2)7(5-10)8(11)6-3-4-6/h6H,3-4H2,1-2H3. The Labute approximate surface area is 86.8 Å². The molecule has 0 atom stereocenters. The number of allylic oxidation sites excluding steroid dienone is 1. The van der Waals surface area contributed by atoms with Gasteiger partial charge >= 0.3 is 0 Å². The largest absolute Gasteiger partial charge is 0.293 e. The van der Waals surface area contributed by atoms with Crippen molar-refractivity contribution in [2.24, 2.45) is 5.92 Å². The highest BCUT2D eigenvalue weighted by Gasteiger charge is 2.33. The summed E-state index contributed by atoms with van der Waals surface area (Å²) < 4.78 is 0.847. The van der Waals surface area contributed by atoms with Gasteiger partial charge in [-0.05, 0) is 25.4 Å². The first-order valence-corrected chi connectivity index (χ1v) is 6.46. The van der Waals surface area contributed by atoms with Crippen molar-refractivity contribution in [1.82, 2.24) is 0 Å². The van der Waals surface area contributed by atoms with Crippen LogP contribution in [0.15, 0.2) is 9.81 Å². The highest BCUT2D eigenvalue weighted by Crippen LogP contribution is 2.36. The number of ketones is 1. The summed E-state index contributed by atoms with van der Waals surface area (Å²) in [6.45, 7) is 0. The molecule has 2 nitrogen and oxygen atoms in total.